The van der Waals surface area contributed by atoms with Crippen LogP contribution in [-0.4, -0.2) is 49.5 Å². The first-order chi connectivity index (χ1) is 9.03. The molecular weight excluding hydrogens is 250 g/mol. The van der Waals surface area contributed by atoms with Gasteiger partial charge in [-0.25, -0.2) is 0 Å². The Labute approximate surface area is 112 Å². The highest BCUT2D eigenvalue weighted by molar-refractivity contribution is 5.81. The van der Waals surface area contributed by atoms with Crippen LogP contribution in [0.3, 0.4) is 0 Å². The van der Waals surface area contributed by atoms with Gasteiger partial charge in [-0.05, 0) is 26.2 Å². The van der Waals surface area contributed by atoms with E-state index in [1.54, 1.807) is 0 Å². The normalized spacial score (nSPS) is 29.9. The van der Waals surface area contributed by atoms with Gasteiger partial charge in [-0.2, -0.15) is 0 Å². The minimum Gasteiger partial charge on any atom is -0.481 e. The molecule has 2 fully saturated rings. The van der Waals surface area contributed by atoms with Crippen molar-refractivity contribution >= 4 is 11.9 Å². The SMILES string of the molecule is CC1CC(C(=O)NCC2(C(=O)O)CCOCC2)CO1. The first-order valence-electron chi connectivity index (χ1n) is 6.74. The largest absolute Gasteiger partial charge is 0.481 e. The van der Waals surface area contributed by atoms with Crippen molar-refractivity contribution in [3.05, 3.63) is 0 Å². The molecule has 6 nitrogen and oxygen atoms in total. The minimum atomic E-state index is -0.876. The molecule has 2 N–H and O–H groups in total. The van der Waals surface area contributed by atoms with Gasteiger partial charge in [0.2, 0.25) is 5.91 Å². The van der Waals surface area contributed by atoms with E-state index in [9.17, 15) is 14.7 Å². The van der Waals surface area contributed by atoms with Gasteiger partial charge in [0.1, 0.15) is 0 Å². The van der Waals surface area contributed by atoms with Crippen molar-refractivity contribution in [2.24, 2.45) is 11.3 Å². The molecule has 0 radical (unpaired) electrons. The lowest BCUT2D eigenvalue weighted by Gasteiger charge is -2.33. The van der Waals surface area contributed by atoms with Crippen LogP contribution in [0.4, 0.5) is 0 Å². The molecule has 0 bridgehead atoms. The van der Waals surface area contributed by atoms with Crippen molar-refractivity contribution in [1.82, 2.24) is 5.32 Å². The third-order valence-corrected chi connectivity index (χ3v) is 4.07. The van der Waals surface area contributed by atoms with Crippen LogP contribution in [0.5, 0.6) is 0 Å². The van der Waals surface area contributed by atoms with Crippen LogP contribution in [0.1, 0.15) is 26.2 Å². The van der Waals surface area contributed by atoms with Crippen LogP contribution >= 0.6 is 0 Å². The van der Waals surface area contributed by atoms with Gasteiger partial charge in [-0.3, -0.25) is 9.59 Å². The molecular formula is C13H21NO5. The zero-order valence-corrected chi connectivity index (χ0v) is 11.2. The van der Waals surface area contributed by atoms with Gasteiger partial charge >= 0.3 is 5.97 Å². The zero-order valence-electron chi connectivity index (χ0n) is 11.2. The Morgan fingerprint density at radius 2 is 2.05 bits per heavy atom. The number of carbonyl (C=O) groups is 2. The number of hydrogen-bond acceptors (Lipinski definition) is 4. The maximum Gasteiger partial charge on any atom is 0.311 e. The molecule has 2 aliphatic rings. The standard InChI is InChI=1S/C13H21NO5/c1-9-6-10(7-19-9)11(15)14-8-13(12(16)17)2-4-18-5-3-13/h9-10H,2-8H2,1H3,(H,14,15)(H,16,17). The molecule has 6 heteroatoms. The Kier molecular flexibility index (Phi) is 4.42. The summed E-state index contributed by atoms with van der Waals surface area (Å²) >= 11 is 0. The third-order valence-electron chi connectivity index (χ3n) is 4.07. The Hall–Kier alpha value is -1.14. The number of nitrogens with one attached hydrogen (secondary N) is 1. The summed E-state index contributed by atoms with van der Waals surface area (Å²) in [6.07, 6.45) is 1.70. The lowest BCUT2D eigenvalue weighted by molar-refractivity contribution is -0.154. The van der Waals surface area contributed by atoms with Crippen molar-refractivity contribution in [2.75, 3.05) is 26.4 Å². The van der Waals surface area contributed by atoms with E-state index >= 15 is 0 Å². The Balaban J connectivity index is 1.88. The summed E-state index contributed by atoms with van der Waals surface area (Å²) in [5, 5.41) is 12.2. The number of amides is 1. The number of ether oxygens (including phenoxy) is 2. The number of hydrogen-bond donors (Lipinski definition) is 2. The highest BCUT2D eigenvalue weighted by Crippen LogP contribution is 2.30. The van der Waals surface area contributed by atoms with Crippen LogP contribution in [0.25, 0.3) is 0 Å². The average molecular weight is 271 g/mol. The molecule has 19 heavy (non-hydrogen) atoms. The average Bonchev–Trinajstić information content (AvgIpc) is 2.83. The second kappa shape index (κ2) is 5.88. The van der Waals surface area contributed by atoms with Crippen molar-refractivity contribution in [3.63, 3.8) is 0 Å². The summed E-state index contributed by atoms with van der Waals surface area (Å²) in [5.41, 5.74) is -0.876. The highest BCUT2D eigenvalue weighted by Gasteiger charge is 2.41. The topological polar surface area (TPSA) is 84.9 Å². The van der Waals surface area contributed by atoms with Gasteiger partial charge < -0.3 is 19.9 Å². The van der Waals surface area contributed by atoms with Crippen LogP contribution in [-0.2, 0) is 19.1 Å². The zero-order chi connectivity index (χ0) is 13.9. The smallest absolute Gasteiger partial charge is 0.311 e. The van der Waals surface area contributed by atoms with E-state index in [1.807, 2.05) is 6.92 Å². The van der Waals surface area contributed by atoms with Crippen molar-refractivity contribution in [3.8, 4) is 0 Å². The van der Waals surface area contributed by atoms with Gasteiger partial charge in [-0.1, -0.05) is 0 Å². The Morgan fingerprint density at radius 1 is 1.37 bits per heavy atom. The van der Waals surface area contributed by atoms with Gasteiger partial charge in [-0.15, -0.1) is 0 Å². The van der Waals surface area contributed by atoms with Gasteiger partial charge in [0.05, 0.1) is 24.0 Å². The molecule has 0 aromatic heterocycles. The fourth-order valence-corrected chi connectivity index (χ4v) is 2.63. The van der Waals surface area contributed by atoms with Gasteiger partial charge in [0.25, 0.3) is 0 Å². The fraction of sp³-hybridized carbons (Fsp3) is 0.846. The molecule has 2 saturated heterocycles. The monoisotopic (exact) mass is 271 g/mol. The number of carboxylic acids is 1. The van der Waals surface area contributed by atoms with E-state index in [1.165, 1.54) is 0 Å². The number of aliphatic carboxylic acids is 1. The molecule has 2 unspecified atom stereocenters. The van der Waals surface area contributed by atoms with Crippen LogP contribution in [0.15, 0.2) is 0 Å². The lowest BCUT2D eigenvalue weighted by atomic mass is 9.80. The van der Waals surface area contributed by atoms with E-state index in [0.717, 1.165) is 0 Å². The van der Waals surface area contributed by atoms with Crippen molar-refractivity contribution in [2.45, 2.75) is 32.3 Å². The molecule has 0 aliphatic carbocycles. The molecule has 0 saturated carbocycles. The first kappa shape index (κ1) is 14.3. The predicted octanol–water partition coefficient (Wildman–Crippen LogP) is 0.409. The van der Waals surface area contributed by atoms with Crippen LogP contribution < -0.4 is 5.32 Å². The summed E-state index contributed by atoms with van der Waals surface area (Å²) < 4.78 is 10.6. The maximum atomic E-state index is 12.0. The highest BCUT2D eigenvalue weighted by atomic mass is 16.5. The van der Waals surface area contributed by atoms with Crippen molar-refractivity contribution in [1.29, 1.82) is 0 Å². The van der Waals surface area contributed by atoms with E-state index in [-0.39, 0.29) is 24.5 Å². The summed E-state index contributed by atoms with van der Waals surface area (Å²) in [6, 6.07) is 0. The molecule has 2 rings (SSSR count). The van der Waals surface area contributed by atoms with E-state index in [0.29, 0.717) is 39.1 Å². The molecule has 0 aromatic rings. The molecule has 2 atom stereocenters. The van der Waals surface area contributed by atoms with E-state index < -0.39 is 11.4 Å². The number of carboxylic acid groups (broad SMARTS) is 1. The van der Waals surface area contributed by atoms with Gasteiger partial charge in [0.15, 0.2) is 0 Å². The molecule has 1 amide bonds. The first-order valence-corrected chi connectivity index (χ1v) is 6.74. The molecule has 2 aliphatic heterocycles. The minimum absolute atomic E-state index is 0.100. The summed E-state index contributed by atoms with van der Waals surface area (Å²) in [4.78, 5) is 23.4. The lowest BCUT2D eigenvalue weighted by Crippen LogP contribution is -2.47. The summed E-state index contributed by atoms with van der Waals surface area (Å²) in [6.45, 7) is 3.41. The molecule has 108 valence electrons. The Bertz CT molecular complexity index is 351. The molecule has 0 spiro atoms. The second-order valence-corrected chi connectivity index (χ2v) is 5.49. The van der Waals surface area contributed by atoms with Gasteiger partial charge in [0, 0.05) is 19.8 Å². The number of carbonyl (C=O) groups excluding carboxylic acids is 1. The summed E-state index contributed by atoms with van der Waals surface area (Å²) in [5.74, 6) is -1.11. The third kappa shape index (κ3) is 3.25. The molecule has 2 heterocycles. The van der Waals surface area contributed by atoms with E-state index in [4.69, 9.17) is 9.47 Å². The predicted molar refractivity (Wildman–Crippen MR) is 66.7 cm³/mol. The second-order valence-electron chi connectivity index (χ2n) is 5.49. The quantitative estimate of drug-likeness (QED) is 0.773. The fourth-order valence-electron chi connectivity index (χ4n) is 2.63. The Morgan fingerprint density at radius 3 is 2.58 bits per heavy atom. The van der Waals surface area contributed by atoms with E-state index in [2.05, 4.69) is 5.32 Å². The summed E-state index contributed by atoms with van der Waals surface area (Å²) in [7, 11) is 0. The molecule has 0 aromatic carbocycles. The van der Waals surface area contributed by atoms with Crippen LogP contribution in [0.2, 0.25) is 0 Å². The van der Waals surface area contributed by atoms with Crippen molar-refractivity contribution < 1.29 is 24.2 Å². The maximum absolute atomic E-state index is 12.0. The number of rotatable bonds is 4. The van der Waals surface area contributed by atoms with Crippen LogP contribution in [0, 0.1) is 11.3 Å².